The van der Waals surface area contributed by atoms with E-state index in [9.17, 15) is 9.90 Å². The fourth-order valence-electron chi connectivity index (χ4n) is 1.06. The number of hydrogen-bond acceptors (Lipinski definition) is 3. The third-order valence-corrected chi connectivity index (χ3v) is 2.78. The van der Waals surface area contributed by atoms with Crippen LogP contribution in [0.2, 0.25) is 0 Å². The first-order valence-electron chi connectivity index (χ1n) is 3.78. The van der Waals surface area contributed by atoms with Crippen molar-refractivity contribution in [1.29, 1.82) is 0 Å². The lowest BCUT2D eigenvalue weighted by molar-refractivity contribution is 0.1000. The first-order valence-corrected chi connectivity index (χ1v) is 4.58. The first kappa shape index (κ1) is 10.2. The van der Waals surface area contributed by atoms with E-state index >= 15 is 0 Å². The summed E-state index contributed by atoms with van der Waals surface area (Å²) in [5, 5.41) is 9.25. The Labute approximate surface area is 84.7 Å². The Morgan fingerprint density at radius 3 is 2.77 bits per heavy atom. The van der Waals surface area contributed by atoms with Crippen LogP contribution in [0.15, 0.2) is 16.6 Å². The van der Waals surface area contributed by atoms with E-state index in [1.807, 2.05) is 0 Å². The number of phenols is 1. The Kier molecular flexibility index (Phi) is 3.06. The predicted molar refractivity (Wildman–Crippen MR) is 53.9 cm³/mol. The predicted octanol–water partition coefficient (Wildman–Crippen LogP) is 1.60. The van der Waals surface area contributed by atoms with Gasteiger partial charge in [-0.2, -0.15) is 0 Å². The van der Waals surface area contributed by atoms with Gasteiger partial charge in [-0.05, 0) is 40.5 Å². The molecule has 1 aromatic rings. The summed E-state index contributed by atoms with van der Waals surface area (Å²) < 4.78 is 0.695. The zero-order valence-electron chi connectivity index (χ0n) is 7.17. The second-order valence-electron chi connectivity index (χ2n) is 2.75. The van der Waals surface area contributed by atoms with Gasteiger partial charge in [0.2, 0.25) is 0 Å². The molecule has 0 saturated heterocycles. The van der Waals surface area contributed by atoms with Crippen molar-refractivity contribution in [2.75, 3.05) is 6.54 Å². The smallest absolute Gasteiger partial charge is 0.177 e. The summed E-state index contributed by atoms with van der Waals surface area (Å²) >= 11 is 3.27. The van der Waals surface area contributed by atoms with Gasteiger partial charge in [0.15, 0.2) is 5.78 Å². The minimum absolute atomic E-state index is 0.0541. The molecule has 0 saturated carbocycles. The highest BCUT2D eigenvalue weighted by Gasteiger charge is 2.11. The maximum absolute atomic E-state index is 11.3. The van der Waals surface area contributed by atoms with Gasteiger partial charge in [-0.25, -0.2) is 0 Å². The van der Waals surface area contributed by atoms with Gasteiger partial charge >= 0.3 is 0 Å². The Morgan fingerprint density at radius 1 is 1.62 bits per heavy atom. The Hall–Kier alpha value is -0.870. The minimum atomic E-state index is -0.189. The van der Waals surface area contributed by atoms with Gasteiger partial charge < -0.3 is 10.8 Å². The summed E-state index contributed by atoms with van der Waals surface area (Å²) in [6.45, 7) is 1.75. The number of aromatic hydroxyl groups is 1. The molecule has 0 amide bonds. The SMILES string of the molecule is Cc1cc(O)cc(C(=O)CN)c1Br. The number of carbonyl (C=O) groups is 1. The highest BCUT2D eigenvalue weighted by atomic mass is 79.9. The molecular weight excluding hydrogens is 234 g/mol. The quantitative estimate of drug-likeness (QED) is 0.776. The molecule has 1 rings (SSSR count). The van der Waals surface area contributed by atoms with Crippen molar-refractivity contribution in [2.45, 2.75) is 6.92 Å². The van der Waals surface area contributed by atoms with E-state index in [1.165, 1.54) is 6.07 Å². The molecule has 13 heavy (non-hydrogen) atoms. The molecule has 0 bridgehead atoms. The van der Waals surface area contributed by atoms with Crippen LogP contribution < -0.4 is 5.73 Å². The van der Waals surface area contributed by atoms with Crippen molar-refractivity contribution in [3.05, 3.63) is 27.7 Å². The molecule has 0 aromatic heterocycles. The topological polar surface area (TPSA) is 63.3 Å². The van der Waals surface area contributed by atoms with Crippen molar-refractivity contribution in [3.8, 4) is 5.75 Å². The second-order valence-corrected chi connectivity index (χ2v) is 3.54. The molecule has 3 nitrogen and oxygen atoms in total. The van der Waals surface area contributed by atoms with Crippen LogP contribution in [0.5, 0.6) is 5.75 Å². The largest absolute Gasteiger partial charge is 0.508 e. The molecule has 0 heterocycles. The number of ketones is 1. The average molecular weight is 244 g/mol. The maximum atomic E-state index is 11.3. The Balaban J connectivity index is 3.28. The van der Waals surface area contributed by atoms with Crippen molar-refractivity contribution < 1.29 is 9.90 Å². The Bertz CT molecular complexity index is 350. The van der Waals surface area contributed by atoms with E-state index in [0.29, 0.717) is 10.0 Å². The standard InChI is InChI=1S/C9H10BrNO2/c1-5-2-6(12)3-7(9(5)10)8(13)4-11/h2-3,12H,4,11H2,1H3. The molecule has 0 radical (unpaired) electrons. The summed E-state index contributed by atoms with van der Waals surface area (Å²) in [6.07, 6.45) is 0. The van der Waals surface area contributed by atoms with Crippen LogP contribution >= 0.6 is 15.9 Å². The molecule has 0 aliphatic heterocycles. The molecule has 0 aliphatic carbocycles. The third-order valence-electron chi connectivity index (χ3n) is 1.73. The van der Waals surface area contributed by atoms with Crippen LogP contribution in [-0.2, 0) is 0 Å². The summed E-state index contributed by atoms with van der Waals surface area (Å²) in [6, 6.07) is 2.99. The zero-order chi connectivity index (χ0) is 10.0. The molecule has 70 valence electrons. The van der Waals surface area contributed by atoms with E-state index in [-0.39, 0.29) is 18.1 Å². The highest BCUT2D eigenvalue weighted by molar-refractivity contribution is 9.10. The fourth-order valence-corrected chi connectivity index (χ4v) is 1.51. The highest BCUT2D eigenvalue weighted by Crippen LogP contribution is 2.26. The zero-order valence-corrected chi connectivity index (χ0v) is 8.76. The summed E-state index contributed by atoms with van der Waals surface area (Å²) in [7, 11) is 0. The van der Waals surface area contributed by atoms with Crippen molar-refractivity contribution >= 4 is 21.7 Å². The number of rotatable bonds is 2. The summed E-state index contributed by atoms with van der Waals surface area (Å²) in [5.74, 6) is -0.108. The van der Waals surface area contributed by atoms with E-state index in [2.05, 4.69) is 15.9 Å². The van der Waals surface area contributed by atoms with E-state index in [4.69, 9.17) is 5.73 Å². The van der Waals surface area contributed by atoms with Crippen molar-refractivity contribution in [3.63, 3.8) is 0 Å². The second kappa shape index (κ2) is 3.89. The van der Waals surface area contributed by atoms with E-state index in [0.717, 1.165) is 5.56 Å². The maximum Gasteiger partial charge on any atom is 0.177 e. The van der Waals surface area contributed by atoms with Crippen LogP contribution in [0.3, 0.4) is 0 Å². The monoisotopic (exact) mass is 243 g/mol. The molecule has 0 atom stereocenters. The molecule has 4 heteroatoms. The lowest BCUT2D eigenvalue weighted by atomic mass is 10.1. The minimum Gasteiger partial charge on any atom is -0.508 e. The number of aryl methyl sites for hydroxylation is 1. The van der Waals surface area contributed by atoms with Crippen LogP contribution in [0.25, 0.3) is 0 Å². The molecule has 0 fully saturated rings. The van der Waals surface area contributed by atoms with E-state index < -0.39 is 0 Å². The lowest BCUT2D eigenvalue weighted by Crippen LogP contribution is -2.14. The molecular formula is C9H10BrNO2. The van der Waals surface area contributed by atoms with Gasteiger partial charge in [0.05, 0.1) is 6.54 Å². The van der Waals surface area contributed by atoms with Gasteiger partial charge in [0, 0.05) is 10.0 Å². The number of benzene rings is 1. The van der Waals surface area contributed by atoms with Gasteiger partial charge in [-0.1, -0.05) is 0 Å². The molecule has 0 unspecified atom stereocenters. The Morgan fingerprint density at radius 2 is 2.23 bits per heavy atom. The summed E-state index contributed by atoms with van der Waals surface area (Å²) in [5.41, 5.74) is 6.47. The van der Waals surface area contributed by atoms with Gasteiger partial charge in [-0.3, -0.25) is 4.79 Å². The molecule has 0 spiro atoms. The van der Waals surface area contributed by atoms with Gasteiger partial charge in [-0.15, -0.1) is 0 Å². The van der Waals surface area contributed by atoms with Gasteiger partial charge in [0.1, 0.15) is 5.75 Å². The number of phenolic OH excluding ortho intramolecular Hbond substituents is 1. The van der Waals surface area contributed by atoms with Crippen LogP contribution in [-0.4, -0.2) is 17.4 Å². The summed E-state index contributed by atoms with van der Waals surface area (Å²) in [4.78, 5) is 11.3. The fraction of sp³-hybridized carbons (Fsp3) is 0.222. The third kappa shape index (κ3) is 2.08. The first-order chi connectivity index (χ1) is 6.06. The van der Waals surface area contributed by atoms with Crippen LogP contribution in [0.4, 0.5) is 0 Å². The number of halogens is 1. The lowest BCUT2D eigenvalue weighted by Gasteiger charge is -2.05. The molecule has 3 N–H and O–H groups in total. The van der Waals surface area contributed by atoms with Crippen molar-refractivity contribution in [2.24, 2.45) is 5.73 Å². The van der Waals surface area contributed by atoms with Crippen molar-refractivity contribution in [1.82, 2.24) is 0 Å². The normalized spacial score (nSPS) is 10.1. The molecule has 0 aliphatic rings. The van der Waals surface area contributed by atoms with E-state index in [1.54, 1.807) is 13.0 Å². The number of nitrogens with two attached hydrogens (primary N) is 1. The number of carbonyl (C=O) groups excluding carboxylic acids is 1. The van der Waals surface area contributed by atoms with Gasteiger partial charge in [0.25, 0.3) is 0 Å². The average Bonchev–Trinajstić information content (AvgIpc) is 2.10. The van der Waals surface area contributed by atoms with Crippen LogP contribution in [0.1, 0.15) is 15.9 Å². The van der Waals surface area contributed by atoms with Crippen LogP contribution in [0, 0.1) is 6.92 Å². The number of Topliss-reactive ketones (excluding diaryl/α,β-unsaturated/α-hetero) is 1. The number of hydrogen-bond donors (Lipinski definition) is 2. The molecule has 1 aromatic carbocycles.